The van der Waals surface area contributed by atoms with Gasteiger partial charge in [0.25, 0.3) is 16.0 Å². The van der Waals surface area contributed by atoms with Crippen LogP contribution in [0.15, 0.2) is 112 Å². The molecule has 1 atom stereocenters. The van der Waals surface area contributed by atoms with Crippen molar-refractivity contribution in [2.45, 2.75) is 22.7 Å². The quantitative estimate of drug-likeness (QED) is 0.0997. The molecule has 0 spiro atoms. The van der Waals surface area contributed by atoms with Gasteiger partial charge in [0.2, 0.25) is 5.91 Å². The highest BCUT2D eigenvalue weighted by molar-refractivity contribution is 8.00. The Morgan fingerprint density at radius 3 is 2.20 bits per heavy atom. The number of hydrogen-bond acceptors (Lipinski definition) is 6. The minimum atomic E-state index is -4.45. The molecule has 0 saturated heterocycles. The lowest BCUT2D eigenvalue weighted by Gasteiger charge is -2.19. The van der Waals surface area contributed by atoms with Crippen LogP contribution in [0, 0.1) is 0 Å². The summed E-state index contributed by atoms with van der Waals surface area (Å²) in [5, 5.41) is 6.26. The Morgan fingerprint density at radius 2 is 1.57 bits per heavy atom. The van der Waals surface area contributed by atoms with Crippen LogP contribution in [-0.2, 0) is 21.3 Å². The Kier molecular flexibility index (Phi) is 9.85. The van der Waals surface area contributed by atoms with Crippen molar-refractivity contribution in [3.8, 4) is 11.3 Å². The molecule has 1 unspecified atom stereocenters. The Bertz CT molecular complexity index is 1910. The van der Waals surface area contributed by atoms with Crippen LogP contribution in [-0.4, -0.2) is 42.6 Å². The summed E-state index contributed by atoms with van der Waals surface area (Å²) in [5.41, 5.74) is -0.978. The SMILES string of the molecule is O=C(NCCS(=O)(=O)O)c1ccc(CC(C(=O)Nc2ccc(-c3cc4ccccc4o3)cc2)c2ccc(SC(F)(F)F)cc2)cc1. The molecule has 238 valence electrons. The summed E-state index contributed by atoms with van der Waals surface area (Å²) in [5.74, 6) is -1.69. The van der Waals surface area contributed by atoms with E-state index in [9.17, 15) is 31.2 Å². The second-order valence-corrected chi connectivity index (χ2v) is 13.0. The maximum absolute atomic E-state index is 13.6. The molecular weight excluding hydrogens is 641 g/mol. The molecule has 46 heavy (non-hydrogen) atoms. The number of amides is 2. The molecule has 1 heterocycles. The average Bonchev–Trinajstić information content (AvgIpc) is 3.44. The number of anilines is 1. The molecule has 0 bridgehead atoms. The van der Waals surface area contributed by atoms with Crippen LogP contribution in [0.3, 0.4) is 0 Å². The standard InChI is InChI=1S/C33H27F3N2O6S2/c34-33(35,36)45-27-15-11-22(12-16-27)28(19-21-5-7-24(8-6-21)31(39)37-17-18-46(41,42)43)32(40)38-26-13-9-23(10-14-26)30-20-25-3-1-2-4-29(25)44-30/h1-16,20,28H,17-19H2,(H,37,39)(H,38,40)(H,41,42,43). The van der Waals surface area contributed by atoms with E-state index in [-0.39, 0.29) is 41.1 Å². The zero-order valence-corrected chi connectivity index (χ0v) is 25.6. The summed E-state index contributed by atoms with van der Waals surface area (Å²) in [6.45, 7) is -0.274. The largest absolute Gasteiger partial charge is 0.456 e. The Hall–Kier alpha value is -4.59. The third-order valence-corrected chi connectivity index (χ3v) is 8.46. The normalized spacial score (nSPS) is 12.5. The van der Waals surface area contributed by atoms with Crippen molar-refractivity contribution in [3.63, 3.8) is 0 Å². The Morgan fingerprint density at radius 1 is 0.891 bits per heavy atom. The van der Waals surface area contributed by atoms with Gasteiger partial charge in [0, 0.05) is 33.6 Å². The van der Waals surface area contributed by atoms with Crippen molar-refractivity contribution in [1.82, 2.24) is 5.32 Å². The lowest BCUT2D eigenvalue weighted by molar-refractivity contribution is -0.117. The summed E-state index contributed by atoms with van der Waals surface area (Å²) in [6, 6.07) is 28.5. The Labute approximate surface area is 266 Å². The summed E-state index contributed by atoms with van der Waals surface area (Å²) in [7, 11) is -4.23. The van der Waals surface area contributed by atoms with Crippen molar-refractivity contribution in [2.24, 2.45) is 0 Å². The van der Waals surface area contributed by atoms with Crippen LogP contribution < -0.4 is 10.6 Å². The number of alkyl halides is 3. The number of carbonyl (C=O) groups is 2. The molecule has 2 amide bonds. The summed E-state index contributed by atoms with van der Waals surface area (Å²) >= 11 is -0.245. The van der Waals surface area contributed by atoms with Gasteiger partial charge in [-0.2, -0.15) is 21.6 Å². The minimum absolute atomic E-state index is 0.0130. The predicted octanol–water partition coefficient (Wildman–Crippen LogP) is 7.29. The smallest absolute Gasteiger partial charge is 0.446 e. The number of hydrogen-bond donors (Lipinski definition) is 3. The van der Waals surface area contributed by atoms with E-state index in [2.05, 4.69) is 10.6 Å². The number of nitrogens with one attached hydrogen (secondary N) is 2. The average molecular weight is 669 g/mol. The molecule has 1 aromatic heterocycles. The second-order valence-electron chi connectivity index (χ2n) is 10.3. The molecule has 0 saturated carbocycles. The van der Waals surface area contributed by atoms with Gasteiger partial charge >= 0.3 is 5.51 Å². The molecule has 4 aromatic carbocycles. The van der Waals surface area contributed by atoms with Crippen LogP contribution in [0.5, 0.6) is 0 Å². The van der Waals surface area contributed by atoms with Crippen molar-refractivity contribution in [2.75, 3.05) is 17.6 Å². The van der Waals surface area contributed by atoms with Gasteiger partial charge in [-0.1, -0.05) is 42.5 Å². The van der Waals surface area contributed by atoms with Gasteiger partial charge in [-0.25, -0.2) is 0 Å². The highest BCUT2D eigenvalue weighted by atomic mass is 32.2. The number of carbonyl (C=O) groups excluding carboxylic acids is 2. The molecule has 0 aliphatic rings. The third kappa shape index (κ3) is 8.99. The number of halogens is 3. The molecule has 0 aliphatic heterocycles. The van der Waals surface area contributed by atoms with E-state index in [1.165, 1.54) is 36.4 Å². The van der Waals surface area contributed by atoms with Gasteiger partial charge in [-0.3, -0.25) is 14.1 Å². The first-order valence-corrected chi connectivity index (χ1v) is 16.3. The summed E-state index contributed by atoms with van der Waals surface area (Å²) in [4.78, 5) is 26.0. The van der Waals surface area contributed by atoms with Gasteiger partial charge < -0.3 is 15.1 Å². The number of benzene rings is 4. The van der Waals surface area contributed by atoms with Crippen molar-refractivity contribution in [1.29, 1.82) is 0 Å². The van der Waals surface area contributed by atoms with E-state index in [0.29, 0.717) is 22.6 Å². The molecule has 0 radical (unpaired) electrons. The fraction of sp³-hybridized carbons (Fsp3) is 0.152. The van der Waals surface area contributed by atoms with E-state index in [1.54, 1.807) is 24.3 Å². The van der Waals surface area contributed by atoms with Gasteiger partial charge in [0.1, 0.15) is 11.3 Å². The van der Waals surface area contributed by atoms with E-state index in [1.807, 2.05) is 42.5 Å². The van der Waals surface area contributed by atoms with Gasteiger partial charge in [-0.05, 0) is 90.0 Å². The number of para-hydroxylation sites is 1. The first-order chi connectivity index (χ1) is 21.8. The van der Waals surface area contributed by atoms with Crippen LogP contribution >= 0.6 is 11.8 Å². The molecule has 0 aliphatic carbocycles. The lowest BCUT2D eigenvalue weighted by Crippen LogP contribution is -2.28. The predicted molar refractivity (Wildman–Crippen MR) is 170 cm³/mol. The topological polar surface area (TPSA) is 126 Å². The first-order valence-electron chi connectivity index (χ1n) is 13.9. The van der Waals surface area contributed by atoms with E-state index < -0.39 is 33.2 Å². The number of fused-ring (bicyclic) bond motifs is 1. The van der Waals surface area contributed by atoms with Crippen molar-refractivity contribution in [3.05, 3.63) is 120 Å². The fourth-order valence-electron chi connectivity index (χ4n) is 4.76. The molecule has 8 nitrogen and oxygen atoms in total. The minimum Gasteiger partial charge on any atom is -0.456 e. The molecule has 0 fully saturated rings. The van der Waals surface area contributed by atoms with Crippen molar-refractivity contribution >= 4 is 50.4 Å². The lowest BCUT2D eigenvalue weighted by atomic mass is 9.90. The van der Waals surface area contributed by atoms with E-state index >= 15 is 0 Å². The zero-order valence-electron chi connectivity index (χ0n) is 24.0. The first kappa shape index (κ1) is 32.8. The fourth-order valence-corrected chi connectivity index (χ4v) is 5.66. The van der Waals surface area contributed by atoms with E-state index in [4.69, 9.17) is 8.97 Å². The van der Waals surface area contributed by atoms with Gasteiger partial charge in [0.05, 0.1) is 11.7 Å². The molecule has 3 N–H and O–H groups in total. The summed E-state index contributed by atoms with van der Waals surface area (Å²) < 4.78 is 75.2. The van der Waals surface area contributed by atoms with Crippen LogP contribution in [0.4, 0.5) is 18.9 Å². The highest BCUT2D eigenvalue weighted by Gasteiger charge is 2.29. The van der Waals surface area contributed by atoms with Crippen LogP contribution in [0.25, 0.3) is 22.3 Å². The number of rotatable bonds is 11. The maximum Gasteiger partial charge on any atom is 0.446 e. The molecular formula is C33H27F3N2O6S2. The zero-order chi connectivity index (χ0) is 32.9. The third-order valence-electron chi connectivity index (χ3n) is 7.00. The van der Waals surface area contributed by atoms with Crippen LogP contribution in [0.2, 0.25) is 0 Å². The maximum atomic E-state index is 13.6. The monoisotopic (exact) mass is 668 g/mol. The van der Waals surface area contributed by atoms with Gasteiger partial charge in [-0.15, -0.1) is 0 Å². The Balaban J connectivity index is 1.32. The molecule has 13 heteroatoms. The number of furan rings is 1. The van der Waals surface area contributed by atoms with E-state index in [0.717, 1.165) is 16.5 Å². The molecule has 5 aromatic rings. The molecule has 5 rings (SSSR count). The van der Waals surface area contributed by atoms with Crippen molar-refractivity contribution < 1.29 is 40.1 Å². The van der Waals surface area contributed by atoms with Crippen LogP contribution in [0.1, 0.15) is 27.4 Å². The number of thioether (sulfide) groups is 1. The second kappa shape index (κ2) is 13.8. The summed E-state index contributed by atoms with van der Waals surface area (Å²) in [6.07, 6.45) is 0.166. The highest BCUT2D eigenvalue weighted by Crippen LogP contribution is 2.37. The van der Waals surface area contributed by atoms with Gasteiger partial charge in [0.15, 0.2) is 0 Å².